The van der Waals surface area contributed by atoms with Gasteiger partial charge in [0, 0.05) is 11.1 Å². The standard InChI is InChI=1S/C56H34O/c57-55(37-19-8-3-9-20-37)42-32-48-44-22-11-10-21-43(44)47-24-14-26-50-53(47)54(48)52(34-42)56(50)49-25-13-12-23-45(49)46-28-27-38(33-51(46)56)41-30-39(35-15-4-1-5-16-35)29-40(31-41)36-17-6-2-7-18-36/h1-34H. The Kier molecular flexibility index (Phi) is 6.77. The SMILES string of the molecule is O=C(c1ccccc1)c1cc2c3c(c1)c1ccccc1c1cccc(c13)C21c2ccccc2-c2ccc(-c3cc(-c4ccccc4)cc(-c4ccccc4)c3)cc21. The fourth-order valence-electron chi connectivity index (χ4n) is 10.2. The van der Waals surface area contributed by atoms with Crippen LogP contribution in [0.25, 0.3) is 76.8 Å². The number of carbonyl (C=O) groups is 1. The average molecular weight is 723 g/mol. The highest BCUT2D eigenvalue weighted by molar-refractivity contribution is 6.31. The summed E-state index contributed by atoms with van der Waals surface area (Å²) < 4.78 is 0. The van der Waals surface area contributed by atoms with Crippen LogP contribution in [0.3, 0.4) is 0 Å². The van der Waals surface area contributed by atoms with Crippen LogP contribution in [0.2, 0.25) is 0 Å². The van der Waals surface area contributed by atoms with E-state index < -0.39 is 5.41 Å². The van der Waals surface area contributed by atoms with Gasteiger partial charge in [0.05, 0.1) is 5.41 Å². The molecule has 2 aliphatic carbocycles. The number of carbonyl (C=O) groups excluding carboxylic acids is 1. The first-order valence-electron chi connectivity index (χ1n) is 19.7. The second kappa shape index (κ2) is 12.1. The molecule has 0 bridgehead atoms. The molecular formula is C56H34O. The monoisotopic (exact) mass is 722 g/mol. The van der Waals surface area contributed by atoms with Crippen LogP contribution in [-0.4, -0.2) is 5.78 Å². The zero-order chi connectivity index (χ0) is 37.7. The maximum Gasteiger partial charge on any atom is 0.193 e. The van der Waals surface area contributed by atoms with Gasteiger partial charge in [0.1, 0.15) is 0 Å². The predicted molar refractivity (Wildman–Crippen MR) is 236 cm³/mol. The van der Waals surface area contributed by atoms with Gasteiger partial charge in [-0.1, -0.05) is 170 Å². The molecule has 264 valence electrons. The molecule has 12 rings (SSSR count). The van der Waals surface area contributed by atoms with Crippen molar-refractivity contribution in [3.05, 3.63) is 240 Å². The van der Waals surface area contributed by atoms with Crippen LogP contribution >= 0.6 is 0 Å². The molecule has 0 radical (unpaired) electrons. The predicted octanol–water partition coefficient (Wildman–Crippen LogP) is 14.1. The van der Waals surface area contributed by atoms with Gasteiger partial charge in [0.25, 0.3) is 0 Å². The fourth-order valence-corrected chi connectivity index (χ4v) is 10.2. The molecule has 57 heavy (non-hydrogen) atoms. The molecular weight excluding hydrogens is 689 g/mol. The molecule has 0 aromatic heterocycles. The van der Waals surface area contributed by atoms with Gasteiger partial charge >= 0.3 is 0 Å². The second-order valence-electron chi connectivity index (χ2n) is 15.5. The normalized spacial score (nSPS) is 14.8. The van der Waals surface area contributed by atoms with Gasteiger partial charge in [0.2, 0.25) is 0 Å². The third-order valence-electron chi connectivity index (χ3n) is 12.6. The minimum atomic E-state index is -0.633. The maximum atomic E-state index is 14.5. The van der Waals surface area contributed by atoms with E-state index in [2.05, 4.69) is 176 Å². The van der Waals surface area contributed by atoms with E-state index in [1.54, 1.807) is 0 Å². The van der Waals surface area contributed by atoms with E-state index in [-0.39, 0.29) is 5.78 Å². The minimum absolute atomic E-state index is 0.0375. The van der Waals surface area contributed by atoms with Gasteiger partial charge in [-0.3, -0.25) is 4.79 Å². The van der Waals surface area contributed by atoms with Crippen molar-refractivity contribution in [1.82, 2.24) is 0 Å². The quantitative estimate of drug-likeness (QED) is 0.128. The van der Waals surface area contributed by atoms with Crippen LogP contribution in [0.1, 0.15) is 38.2 Å². The average Bonchev–Trinajstić information content (AvgIpc) is 3.76. The number of rotatable bonds is 5. The van der Waals surface area contributed by atoms with Crippen molar-refractivity contribution in [2.75, 3.05) is 0 Å². The van der Waals surface area contributed by atoms with E-state index >= 15 is 0 Å². The molecule has 1 spiro atoms. The van der Waals surface area contributed by atoms with E-state index in [0.717, 1.165) is 10.9 Å². The Hall–Kier alpha value is -7.35. The van der Waals surface area contributed by atoms with Crippen LogP contribution < -0.4 is 0 Å². The van der Waals surface area contributed by atoms with Crippen molar-refractivity contribution in [3.63, 3.8) is 0 Å². The van der Waals surface area contributed by atoms with Crippen molar-refractivity contribution in [3.8, 4) is 44.5 Å². The molecule has 10 aromatic carbocycles. The molecule has 0 N–H and O–H groups in total. The van der Waals surface area contributed by atoms with Crippen molar-refractivity contribution in [1.29, 1.82) is 0 Å². The molecule has 1 atom stereocenters. The van der Waals surface area contributed by atoms with Gasteiger partial charge < -0.3 is 0 Å². The van der Waals surface area contributed by atoms with Gasteiger partial charge in [-0.25, -0.2) is 0 Å². The van der Waals surface area contributed by atoms with Gasteiger partial charge in [0.15, 0.2) is 5.78 Å². The van der Waals surface area contributed by atoms with Crippen LogP contribution in [0, 0.1) is 0 Å². The summed E-state index contributed by atoms with van der Waals surface area (Å²) in [5.41, 5.74) is 15.3. The van der Waals surface area contributed by atoms with Crippen molar-refractivity contribution in [2.24, 2.45) is 0 Å². The molecule has 1 unspecified atom stereocenters. The van der Waals surface area contributed by atoms with E-state index in [1.807, 2.05) is 30.3 Å². The number of hydrogen-bond donors (Lipinski definition) is 0. The minimum Gasteiger partial charge on any atom is -0.289 e. The molecule has 0 fully saturated rings. The lowest BCUT2D eigenvalue weighted by Gasteiger charge is -2.31. The third kappa shape index (κ3) is 4.48. The highest BCUT2D eigenvalue weighted by atomic mass is 16.1. The van der Waals surface area contributed by atoms with E-state index in [0.29, 0.717) is 11.1 Å². The topological polar surface area (TPSA) is 17.1 Å². The van der Waals surface area contributed by atoms with Crippen molar-refractivity contribution in [2.45, 2.75) is 5.41 Å². The first-order valence-corrected chi connectivity index (χ1v) is 19.7. The van der Waals surface area contributed by atoms with Crippen LogP contribution in [0.5, 0.6) is 0 Å². The van der Waals surface area contributed by atoms with Crippen LogP contribution in [0.15, 0.2) is 206 Å². The van der Waals surface area contributed by atoms with Crippen LogP contribution in [-0.2, 0) is 5.41 Å². The van der Waals surface area contributed by atoms with Crippen molar-refractivity contribution < 1.29 is 4.79 Å². The van der Waals surface area contributed by atoms with E-state index in [1.165, 1.54) is 88.1 Å². The molecule has 2 aliphatic rings. The summed E-state index contributed by atoms with van der Waals surface area (Å²) in [6.45, 7) is 0. The second-order valence-corrected chi connectivity index (χ2v) is 15.5. The summed E-state index contributed by atoms with van der Waals surface area (Å²) in [5.74, 6) is 0.0375. The molecule has 10 aromatic rings. The van der Waals surface area contributed by atoms with Crippen LogP contribution in [0.4, 0.5) is 0 Å². The van der Waals surface area contributed by atoms with E-state index in [4.69, 9.17) is 0 Å². The number of hydrogen-bond acceptors (Lipinski definition) is 1. The lowest BCUT2D eigenvalue weighted by Crippen LogP contribution is -2.26. The first kappa shape index (κ1) is 31.9. The largest absolute Gasteiger partial charge is 0.289 e. The number of fused-ring (bicyclic) bond motifs is 10. The molecule has 0 saturated heterocycles. The summed E-state index contributed by atoms with van der Waals surface area (Å²) in [6, 6.07) is 74.1. The summed E-state index contributed by atoms with van der Waals surface area (Å²) in [4.78, 5) is 14.5. The Morgan fingerprint density at radius 1 is 0.298 bits per heavy atom. The zero-order valence-corrected chi connectivity index (χ0v) is 31.0. The Labute approximate surface area is 331 Å². The zero-order valence-electron chi connectivity index (χ0n) is 31.0. The number of ketones is 1. The Morgan fingerprint density at radius 3 is 1.53 bits per heavy atom. The first-order chi connectivity index (χ1) is 28.2. The van der Waals surface area contributed by atoms with E-state index in [9.17, 15) is 4.79 Å². The summed E-state index contributed by atoms with van der Waals surface area (Å²) in [6.07, 6.45) is 0. The Morgan fingerprint density at radius 2 is 0.825 bits per heavy atom. The highest BCUT2D eigenvalue weighted by Gasteiger charge is 2.51. The molecule has 0 aliphatic heterocycles. The number of benzene rings is 10. The summed E-state index contributed by atoms with van der Waals surface area (Å²) in [5, 5.41) is 7.29. The maximum absolute atomic E-state index is 14.5. The lowest BCUT2D eigenvalue weighted by atomic mass is 9.69. The van der Waals surface area contributed by atoms with Gasteiger partial charge in [-0.05, 0) is 135 Å². The molecule has 0 saturated carbocycles. The fraction of sp³-hybridized carbons (Fsp3) is 0.0179. The molecule has 0 amide bonds. The summed E-state index contributed by atoms with van der Waals surface area (Å²) in [7, 11) is 0. The molecule has 1 nitrogen and oxygen atoms in total. The smallest absolute Gasteiger partial charge is 0.193 e. The molecule has 0 heterocycles. The van der Waals surface area contributed by atoms with Crippen molar-refractivity contribution >= 4 is 38.1 Å². The third-order valence-corrected chi connectivity index (χ3v) is 12.6. The van der Waals surface area contributed by atoms with Gasteiger partial charge in [-0.2, -0.15) is 0 Å². The lowest BCUT2D eigenvalue weighted by molar-refractivity contribution is 0.103. The highest BCUT2D eigenvalue weighted by Crippen LogP contribution is 2.63. The molecule has 1 heteroatoms. The Balaban J connectivity index is 1.18. The Bertz CT molecular complexity index is 3230. The van der Waals surface area contributed by atoms with Gasteiger partial charge in [-0.15, -0.1) is 0 Å². The summed E-state index contributed by atoms with van der Waals surface area (Å²) >= 11 is 0.